The van der Waals surface area contributed by atoms with Crippen LogP contribution >= 0.6 is 11.8 Å². The molecule has 0 aliphatic carbocycles. The molecule has 0 aliphatic rings. The Balaban J connectivity index is 1.73. The maximum absolute atomic E-state index is 13.3. The molecule has 4 heteroatoms. The van der Waals surface area contributed by atoms with E-state index in [4.69, 9.17) is 4.74 Å². The molecule has 0 N–H and O–H groups in total. The fourth-order valence-electron chi connectivity index (χ4n) is 3.61. The van der Waals surface area contributed by atoms with Crippen LogP contribution in [0, 0.1) is 5.92 Å². The molecule has 0 saturated heterocycles. The van der Waals surface area contributed by atoms with Crippen LogP contribution in [0.2, 0.25) is 0 Å². The van der Waals surface area contributed by atoms with Gasteiger partial charge in [0.1, 0.15) is 5.75 Å². The van der Waals surface area contributed by atoms with Crippen LogP contribution in [0.15, 0.2) is 72.8 Å². The normalized spacial score (nSPS) is 13.6. The zero-order chi connectivity index (χ0) is 23.3. The summed E-state index contributed by atoms with van der Waals surface area (Å²) in [6.45, 7) is 12.8. The quantitative estimate of drug-likeness (QED) is 0.368. The maximum atomic E-state index is 13.3. The third-order valence-corrected chi connectivity index (χ3v) is 6.56. The molecule has 2 unspecified atom stereocenters. The molecule has 1 aromatic heterocycles. The van der Waals surface area contributed by atoms with Crippen LogP contribution in [0.4, 0.5) is 0 Å². The maximum Gasteiger partial charge on any atom is 0.219 e. The molecule has 0 aliphatic heterocycles. The van der Waals surface area contributed by atoms with Crippen molar-refractivity contribution in [2.24, 2.45) is 5.92 Å². The lowest BCUT2D eigenvalue weighted by Gasteiger charge is -2.24. The molecule has 32 heavy (non-hydrogen) atoms. The number of rotatable bonds is 7. The molecule has 0 saturated carbocycles. The Bertz CT molecular complexity index is 1020. The zero-order valence-electron chi connectivity index (χ0n) is 19.8. The van der Waals surface area contributed by atoms with Crippen molar-refractivity contribution in [1.29, 1.82) is 0 Å². The fraction of sp³-hybridized carbons (Fsp3) is 0.357. The van der Waals surface area contributed by atoms with Gasteiger partial charge in [-0.1, -0.05) is 94.9 Å². The van der Waals surface area contributed by atoms with Gasteiger partial charge in [-0.05, 0) is 47.6 Å². The smallest absolute Gasteiger partial charge is 0.219 e. The minimum absolute atomic E-state index is 0.0723. The van der Waals surface area contributed by atoms with Crippen molar-refractivity contribution < 1.29 is 9.53 Å². The average molecular weight is 448 g/mol. The van der Waals surface area contributed by atoms with Gasteiger partial charge in [-0.25, -0.2) is 4.98 Å². The van der Waals surface area contributed by atoms with Crippen LogP contribution in [0.1, 0.15) is 69.5 Å². The summed E-state index contributed by atoms with van der Waals surface area (Å²) in [6, 6.07) is 23.8. The number of carbonyl (C=O) groups is 1. The van der Waals surface area contributed by atoms with Gasteiger partial charge in [0.15, 0.2) is 5.12 Å². The third-order valence-electron chi connectivity index (χ3n) is 5.48. The Kier molecular flexibility index (Phi) is 7.78. The lowest BCUT2D eigenvalue weighted by atomic mass is 9.84. The number of hydrogen-bond donors (Lipinski definition) is 0. The van der Waals surface area contributed by atoms with Gasteiger partial charge < -0.3 is 4.74 Å². The summed E-state index contributed by atoms with van der Waals surface area (Å²) in [4.78, 5) is 18.0. The van der Waals surface area contributed by atoms with Gasteiger partial charge in [0, 0.05) is 6.07 Å². The summed E-state index contributed by atoms with van der Waals surface area (Å²) >= 11 is 1.35. The molecule has 3 nitrogen and oxygen atoms in total. The number of para-hydroxylation sites is 1. The molecule has 0 fully saturated rings. The number of carbonyl (C=O) groups excluding carboxylic acids is 1. The fourth-order valence-corrected chi connectivity index (χ4v) is 4.77. The second kappa shape index (κ2) is 10.4. The van der Waals surface area contributed by atoms with E-state index in [-0.39, 0.29) is 27.6 Å². The minimum atomic E-state index is -0.153. The summed E-state index contributed by atoms with van der Waals surface area (Å²) in [7, 11) is 0. The largest absolute Gasteiger partial charge is 0.439 e. The standard InChI is InChI=1S/C28H33NO2S/c1-19(2)26(21-15-17-22(18-16-21)28(4,5)6)27(30)32-20(3)24-13-10-14-25(29-24)31-23-11-8-7-9-12-23/h7-20,26H,1-6H3. The summed E-state index contributed by atoms with van der Waals surface area (Å²) in [5.41, 5.74) is 3.28. The Hall–Kier alpha value is -2.59. The monoisotopic (exact) mass is 447 g/mol. The van der Waals surface area contributed by atoms with Crippen molar-refractivity contribution in [2.45, 2.75) is 58.1 Å². The molecule has 0 bridgehead atoms. The Labute approximate surface area is 196 Å². The molecule has 2 aromatic carbocycles. The Morgan fingerprint density at radius 1 is 0.875 bits per heavy atom. The van der Waals surface area contributed by atoms with E-state index in [0.717, 1.165) is 17.0 Å². The molecule has 3 rings (SSSR count). The van der Waals surface area contributed by atoms with Gasteiger partial charge in [-0.2, -0.15) is 0 Å². The van der Waals surface area contributed by atoms with E-state index in [1.807, 2.05) is 55.5 Å². The van der Waals surface area contributed by atoms with Crippen LogP contribution in [0.25, 0.3) is 0 Å². The highest BCUT2D eigenvalue weighted by molar-refractivity contribution is 8.13. The lowest BCUT2D eigenvalue weighted by molar-refractivity contribution is -0.113. The number of aromatic nitrogens is 1. The first-order chi connectivity index (χ1) is 15.1. The molecule has 0 spiro atoms. The Morgan fingerprint density at radius 2 is 1.53 bits per heavy atom. The van der Waals surface area contributed by atoms with E-state index < -0.39 is 0 Å². The highest BCUT2D eigenvalue weighted by Gasteiger charge is 2.27. The minimum Gasteiger partial charge on any atom is -0.439 e. The van der Waals surface area contributed by atoms with Crippen LogP contribution in [0.3, 0.4) is 0 Å². The van der Waals surface area contributed by atoms with E-state index in [9.17, 15) is 4.79 Å². The van der Waals surface area contributed by atoms with Gasteiger partial charge in [-0.15, -0.1) is 0 Å². The van der Waals surface area contributed by atoms with Crippen molar-refractivity contribution in [3.8, 4) is 11.6 Å². The molecular weight excluding hydrogens is 414 g/mol. The number of benzene rings is 2. The van der Waals surface area contributed by atoms with Crippen LogP contribution in [-0.4, -0.2) is 10.1 Å². The van der Waals surface area contributed by atoms with Gasteiger partial charge in [0.25, 0.3) is 0 Å². The summed E-state index contributed by atoms with van der Waals surface area (Å²) in [5.74, 6) is 1.34. The number of thioether (sulfide) groups is 1. The molecular formula is C28H33NO2S. The first-order valence-corrected chi connectivity index (χ1v) is 12.0. The van der Waals surface area contributed by atoms with Crippen molar-refractivity contribution in [3.05, 3.63) is 89.6 Å². The molecule has 0 amide bonds. The predicted molar refractivity (Wildman–Crippen MR) is 134 cm³/mol. The van der Waals surface area contributed by atoms with Gasteiger partial charge in [0.05, 0.1) is 16.9 Å². The molecule has 0 radical (unpaired) electrons. The predicted octanol–water partition coefficient (Wildman–Crippen LogP) is 7.93. The number of nitrogens with zero attached hydrogens (tertiary/aromatic N) is 1. The number of hydrogen-bond acceptors (Lipinski definition) is 4. The lowest BCUT2D eigenvalue weighted by Crippen LogP contribution is -2.17. The van der Waals surface area contributed by atoms with E-state index in [0.29, 0.717) is 5.88 Å². The van der Waals surface area contributed by atoms with Gasteiger partial charge in [-0.3, -0.25) is 4.79 Å². The van der Waals surface area contributed by atoms with Crippen molar-refractivity contribution in [2.75, 3.05) is 0 Å². The Morgan fingerprint density at radius 3 is 2.12 bits per heavy atom. The summed E-state index contributed by atoms with van der Waals surface area (Å²) < 4.78 is 5.86. The summed E-state index contributed by atoms with van der Waals surface area (Å²) in [5, 5.41) is 0.101. The summed E-state index contributed by atoms with van der Waals surface area (Å²) in [6.07, 6.45) is 0. The van der Waals surface area contributed by atoms with E-state index in [2.05, 4.69) is 63.9 Å². The van der Waals surface area contributed by atoms with Crippen molar-refractivity contribution in [1.82, 2.24) is 4.98 Å². The second-order valence-electron chi connectivity index (χ2n) is 9.49. The van der Waals surface area contributed by atoms with E-state index in [1.165, 1.54) is 17.3 Å². The van der Waals surface area contributed by atoms with Crippen LogP contribution in [-0.2, 0) is 10.2 Å². The molecule has 1 heterocycles. The molecule has 168 valence electrons. The van der Waals surface area contributed by atoms with Gasteiger partial charge in [0.2, 0.25) is 5.88 Å². The van der Waals surface area contributed by atoms with Crippen molar-refractivity contribution in [3.63, 3.8) is 0 Å². The molecule has 2 atom stereocenters. The third kappa shape index (κ3) is 6.23. The van der Waals surface area contributed by atoms with E-state index in [1.54, 1.807) is 0 Å². The van der Waals surface area contributed by atoms with Crippen LogP contribution in [0.5, 0.6) is 11.6 Å². The second-order valence-corrected chi connectivity index (χ2v) is 10.8. The number of ether oxygens (including phenoxy) is 1. The average Bonchev–Trinajstić information content (AvgIpc) is 2.74. The first kappa shape index (κ1) is 24.1. The van der Waals surface area contributed by atoms with Crippen LogP contribution < -0.4 is 4.74 Å². The number of pyridine rings is 1. The topological polar surface area (TPSA) is 39.2 Å². The zero-order valence-corrected chi connectivity index (χ0v) is 20.6. The van der Waals surface area contributed by atoms with Crippen molar-refractivity contribution >= 4 is 16.9 Å². The first-order valence-electron chi connectivity index (χ1n) is 11.2. The highest BCUT2D eigenvalue weighted by Crippen LogP contribution is 2.37. The van der Waals surface area contributed by atoms with Gasteiger partial charge >= 0.3 is 0 Å². The highest BCUT2D eigenvalue weighted by atomic mass is 32.2. The SMILES string of the molecule is CC(SC(=O)C(c1ccc(C(C)(C)C)cc1)C(C)C)c1cccc(Oc2ccccc2)n1. The van der Waals surface area contributed by atoms with E-state index >= 15 is 0 Å². The molecule has 3 aromatic rings.